The third-order valence-electron chi connectivity index (χ3n) is 6.46. The lowest BCUT2D eigenvalue weighted by molar-refractivity contribution is 0.0926. The number of hydrogen-bond acceptors (Lipinski definition) is 5. The highest BCUT2D eigenvalue weighted by Crippen LogP contribution is 2.35. The number of nitrogen functional groups attached to an aromatic ring is 1. The Morgan fingerprint density at radius 3 is 2.22 bits per heavy atom. The molecule has 3 aromatic carbocycles. The molecule has 0 bridgehead atoms. The lowest BCUT2D eigenvalue weighted by Crippen LogP contribution is -2.52. The molecular weight excluding hydrogens is 398 g/mol. The van der Waals surface area contributed by atoms with E-state index < -0.39 is 0 Å². The fraction of sp³-hybridized carbons (Fsp3) is 0.269. The van der Waals surface area contributed by atoms with Gasteiger partial charge in [-0.3, -0.25) is 9.69 Å². The molecule has 0 aliphatic carbocycles. The fourth-order valence-corrected chi connectivity index (χ4v) is 4.72. The average molecular weight is 428 g/mol. The van der Waals surface area contributed by atoms with Gasteiger partial charge in [0.2, 0.25) is 0 Å². The second-order valence-corrected chi connectivity index (χ2v) is 8.39. The van der Waals surface area contributed by atoms with Crippen molar-refractivity contribution in [2.24, 2.45) is 0 Å². The van der Waals surface area contributed by atoms with Crippen LogP contribution in [0.3, 0.4) is 0 Å². The van der Waals surface area contributed by atoms with Crippen molar-refractivity contribution in [1.82, 2.24) is 10.2 Å². The number of rotatable bonds is 5. The van der Waals surface area contributed by atoms with Gasteiger partial charge in [-0.25, -0.2) is 0 Å². The summed E-state index contributed by atoms with van der Waals surface area (Å²) in [4.78, 5) is 20.1. The number of carbonyl (C=O) groups excluding carboxylic acids is 1. The quantitative estimate of drug-likeness (QED) is 0.612. The number of carbonyl (C=O) groups is 1. The van der Waals surface area contributed by atoms with E-state index in [1.807, 2.05) is 30.3 Å². The number of nitrogens with zero attached hydrogens (tertiary/aromatic N) is 3. The van der Waals surface area contributed by atoms with Gasteiger partial charge < -0.3 is 20.9 Å². The minimum Gasteiger partial charge on any atom is -0.398 e. The molecule has 6 nitrogen and oxygen atoms in total. The lowest BCUT2D eigenvalue weighted by Gasteiger charge is -2.42. The zero-order valence-electron chi connectivity index (χ0n) is 18.2. The van der Waals surface area contributed by atoms with Crippen molar-refractivity contribution in [1.29, 1.82) is 0 Å². The SMILES string of the molecule is Nc1cccc2c1C(=O)NC(c1ccccc1)N2CCN1CCN(c2ccccc2)CC1. The highest BCUT2D eigenvalue weighted by molar-refractivity contribution is 6.06. The molecule has 2 aliphatic rings. The van der Waals surface area contributed by atoms with Gasteiger partial charge in [0.15, 0.2) is 0 Å². The van der Waals surface area contributed by atoms with E-state index in [1.54, 1.807) is 6.07 Å². The number of hydrogen-bond donors (Lipinski definition) is 2. The van der Waals surface area contributed by atoms with Crippen molar-refractivity contribution < 1.29 is 4.79 Å². The molecule has 1 amide bonds. The Labute approximate surface area is 189 Å². The van der Waals surface area contributed by atoms with E-state index in [9.17, 15) is 4.79 Å². The predicted octanol–water partition coefficient (Wildman–Crippen LogP) is 3.34. The van der Waals surface area contributed by atoms with E-state index >= 15 is 0 Å². The molecule has 1 fully saturated rings. The van der Waals surface area contributed by atoms with Crippen LogP contribution in [-0.4, -0.2) is 50.1 Å². The van der Waals surface area contributed by atoms with Crippen molar-refractivity contribution >= 4 is 23.0 Å². The Bertz CT molecular complexity index is 1060. The van der Waals surface area contributed by atoms with E-state index in [-0.39, 0.29) is 12.1 Å². The Kier molecular flexibility index (Phi) is 5.69. The van der Waals surface area contributed by atoms with E-state index in [0.29, 0.717) is 11.3 Å². The molecule has 1 saturated heterocycles. The number of piperazine rings is 1. The molecule has 3 aromatic rings. The third-order valence-corrected chi connectivity index (χ3v) is 6.46. The topological polar surface area (TPSA) is 64.8 Å². The molecule has 6 heteroatoms. The molecule has 1 atom stereocenters. The van der Waals surface area contributed by atoms with Crippen molar-refractivity contribution in [2.75, 3.05) is 54.8 Å². The number of benzene rings is 3. The van der Waals surface area contributed by atoms with Gasteiger partial charge in [0.25, 0.3) is 5.91 Å². The molecule has 5 rings (SSSR count). The first-order valence-electron chi connectivity index (χ1n) is 11.2. The van der Waals surface area contributed by atoms with Crippen LogP contribution in [0.4, 0.5) is 17.1 Å². The first-order chi connectivity index (χ1) is 15.7. The molecule has 0 aromatic heterocycles. The maximum Gasteiger partial charge on any atom is 0.257 e. The average Bonchev–Trinajstić information content (AvgIpc) is 2.85. The summed E-state index contributed by atoms with van der Waals surface area (Å²) >= 11 is 0. The van der Waals surface area contributed by atoms with Crippen molar-refractivity contribution in [3.8, 4) is 0 Å². The zero-order chi connectivity index (χ0) is 21.9. The Morgan fingerprint density at radius 2 is 1.50 bits per heavy atom. The van der Waals surface area contributed by atoms with Crippen molar-refractivity contribution in [3.63, 3.8) is 0 Å². The molecular formula is C26H29N5O. The number of amides is 1. The van der Waals surface area contributed by atoms with Gasteiger partial charge in [-0.2, -0.15) is 0 Å². The number of fused-ring (bicyclic) bond motifs is 1. The maximum absolute atomic E-state index is 12.9. The largest absolute Gasteiger partial charge is 0.398 e. The number of anilines is 3. The summed E-state index contributed by atoms with van der Waals surface area (Å²) in [5.74, 6) is -0.111. The van der Waals surface area contributed by atoms with Crippen LogP contribution >= 0.6 is 0 Å². The Balaban J connectivity index is 1.32. The van der Waals surface area contributed by atoms with E-state index in [4.69, 9.17) is 5.73 Å². The summed E-state index contributed by atoms with van der Waals surface area (Å²) in [7, 11) is 0. The highest BCUT2D eigenvalue weighted by Gasteiger charge is 2.33. The monoisotopic (exact) mass is 427 g/mol. The van der Waals surface area contributed by atoms with Gasteiger partial charge >= 0.3 is 0 Å². The molecule has 1 unspecified atom stereocenters. The van der Waals surface area contributed by atoms with E-state index in [1.165, 1.54) is 5.69 Å². The minimum atomic E-state index is -0.205. The summed E-state index contributed by atoms with van der Waals surface area (Å²) in [5.41, 5.74) is 10.6. The van der Waals surface area contributed by atoms with Crippen LogP contribution in [0.15, 0.2) is 78.9 Å². The van der Waals surface area contributed by atoms with Crippen LogP contribution in [0.1, 0.15) is 22.1 Å². The first-order valence-corrected chi connectivity index (χ1v) is 11.2. The van der Waals surface area contributed by atoms with Gasteiger partial charge in [-0.05, 0) is 29.8 Å². The normalized spacial score (nSPS) is 18.9. The molecule has 0 radical (unpaired) electrons. The minimum absolute atomic E-state index is 0.111. The van der Waals surface area contributed by atoms with Gasteiger partial charge in [-0.15, -0.1) is 0 Å². The van der Waals surface area contributed by atoms with E-state index in [2.05, 4.69) is 62.5 Å². The van der Waals surface area contributed by atoms with Crippen LogP contribution < -0.4 is 20.9 Å². The van der Waals surface area contributed by atoms with Crippen LogP contribution in [0.25, 0.3) is 0 Å². The lowest BCUT2D eigenvalue weighted by atomic mass is 10.0. The number of nitrogens with two attached hydrogens (primary N) is 1. The molecule has 32 heavy (non-hydrogen) atoms. The summed E-state index contributed by atoms with van der Waals surface area (Å²) in [6, 6.07) is 26.5. The van der Waals surface area contributed by atoms with Crippen LogP contribution in [-0.2, 0) is 0 Å². The van der Waals surface area contributed by atoms with E-state index in [0.717, 1.165) is 50.5 Å². The van der Waals surface area contributed by atoms with Crippen molar-refractivity contribution in [2.45, 2.75) is 6.17 Å². The maximum atomic E-state index is 12.9. The summed E-state index contributed by atoms with van der Waals surface area (Å²) in [5, 5.41) is 3.18. The van der Waals surface area contributed by atoms with Crippen LogP contribution in [0.2, 0.25) is 0 Å². The third kappa shape index (κ3) is 4.01. The highest BCUT2D eigenvalue weighted by atomic mass is 16.2. The molecule has 2 heterocycles. The van der Waals surface area contributed by atoms with Gasteiger partial charge in [0.05, 0.1) is 11.3 Å². The van der Waals surface area contributed by atoms with Gasteiger partial charge in [0.1, 0.15) is 6.17 Å². The number of nitrogens with one attached hydrogen (secondary N) is 1. The molecule has 3 N–H and O–H groups in total. The summed E-state index contributed by atoms with van der Waals surface area (Å²) in [6.07, 6.45) is -0.205. The second-order valence-electron chi connectivity index (χ2n) is 8.39. The van der Waals surface area contributed by atoms with Crippen molar-refractivity contribution in [3.05, 3.63) is 90.0 Å². The first kappa shape index (κ1) is 20.4. The standard InChI is InChI=1S/C26H29N5O/c27-22-12-7-13-23-24(22)26(32)28-25(20-8-3-1-4-9-20)31(23)19-16-29-14-17-30(18-15-29)21-10-5-2-6-11-21/h1-13,25H,14-19,27H2,(H,28,32). The smallest absolute Gasteiger partial charge is 0.257 e. The van der Waals surface area contributed by atoms with Gasteiger partial charge in [0, 0.05) is 50.6 Å². The molecule has 2 aliphatic heterocycles. The predicted molar refractivity (Wildman–Crippen MR) is 130 cm³/mol. The Morgan fingerprint density at radius 1 is 0.812 bits per heavy atom. The summed E-state index contributed by atoms with van der Waals surface area (Å²) < 4.78 is 0. The van der Waals surface area contributed by atoms with Crippen LogP contribution in [0.5, 0.6) is 0 Å². The summed E-state index contributed by atoms with van der Waals surface area (Å²) in [6.45, 7) is 5.82. The molecule has 0 saturated carbocycles. The second kappa shape index (κ2) is 8.93. The van der Waals surface area contributed by atoms with Gasteiger partial charge in [-0.1, -0.05) is 54.6 Å². The Hall–Kier alpha value is -3.51. The zero-order valence-corrected chi connectivity index (χ0v) is 18.2. The molecule has 164 valence electrons. The fourth-order valence-electron chi connectivity index (χ4n) is 4.72. The number of para-hydroxylation sites is 1. The molecule has 0 spiro atoms. The van der Waals surface area contributed by atoms with Crippen LogP contribution in [0, 0.1) is 0 Å².